The van der Waals surface area contributed by atoms with Crippen LogP contribution in [0.4, 0.5) is 0 Å². The first-order chi connectivity index (χ1) is 11.2. The number of hydrogen-bond donors (Lipinski definition) is 0. The Kier molecular flexibility index (Phi) is 7.44. The van der Waals surface area contributed by atoms with Crippen LogP contribution in [-0.2, 0) is 0 Å². The average molecular weight is 296 g/mol. The molecule has 23 heavy (non-hydrogen) atoms. The first-order valence-electron chi connectivity index (χ1n) is 6.67. The third-order valence-corrected chi connectivity index (χ3v) is 2.77. The number of allylic oxidation sites excluding steroid dienone is 14. The van der Waals surface area contributed by atoms with Gasteiger partial charge >= 0.3 is 0 Å². The van der Waals surface area contributed by atoms with Gasteiger partial charge in [0.25, 0.3) is 0 Å². The fraction of sp³-hybridized carbons (Fsp3) is 0.0526. The maximum Gasteiger partial charge on any atom is 0.129 e. The average Bonchev–Trinajstić information content (AvgIpc) is 2.81. The lowest BCUT2D eigenvalue weighted by Gasteiger charge is -2.00. The molecule has 0 N–H and O–H groups in total. The standard InChI is InChI=1S/C19H12N4/c20-12-18(13-21)9-3-7-16-5-1-2-6-17(11-16)8-4-10-19(14-22)15-23/h1-10H,11H2/b7-3+,8-4+. The largest absolute Gasteiger partial charge is 0.192 e. The summed E-state index contributed by atoms with van der Waals surface area (Å²) in [6.45, 7) is 0. The Hall–Kier alpha value is -3.86. The van der Waals surface area contributed by atoms with Crippen LogP contribution in [-0.4, -0.2) is 0 Å². The molecule has 0 aromatic rings. The van der Waals surface area contributed by atoms with E-state index in [9.17, 15) is 0 Å². The normalized spacial score (nSPS) is 12.9. The molecule has 0 bridgehead atoms. The number of rotatable bonds is 4. The minimum absolute atomic E-state index is 0.0485. The van der Waals surface area contributed by atoms with Crippen molar-refractivity contribution in [3.63, 3.8) is 0 Å². The Morgan fingerprint density at radius 2 is 1.13 bits per heavy atom. The van der Waals surface area contributed by atoms with Crippen molar-refractivity contribution in [2.24, 2.45) is 0 Å². The highest BCUT2D eigenvalue weighted by Gasteiger charge is 1.98. The van der Waals surface area contributed by atoms with E-state index in [-0.39, 0.29) is 11.1 Å². The molecular weight excluding hydrogens is 284 g/mol. The molecule has 0 saturated heterocycles. The minimum Gasteiger partial charge on any atom is -0.192 e. The molecule has 4 heteroatoms. The molecule has 0 spiro atoms. The van der Waals surface area contributed by atoms with Gasteiger partial charge in [-0.25, -0.2) is 0 Å². The second kappa shape index (κ2) is 9.95. The highest BCUT2D eigenvalue weighted by Crippen LogP contribution is 2.17. The highest BCUT2D eigenvalue weighted by atomic mass is 14.3. The molecule has 108 valence electrons. The van der Waals surface area contributed by atoms with E-state index >= 15 is 0 Å². The summed E-state index contributed by atoms with van der Waals surface area (Å²) >= 11 is 0. The smallest absolute Gasteiger partial charge is 0.129 e. The van der Waals surface area contributed by atoms with Gasteiger partial charge in [0.05, 0.1) is 0 Å². The quantitative estimate of drug-likeness (QED) is 0.581. The van der Waals surface area contributed by atoms with Gasteiger partial charge in [-0.2, -0.15) is 21.0 Å². The van der Waals surface area contributed by atoms with Crippen molar-refractivity contribution in [2.45, 2.75) is 6.42 Å². The third kappa shape index (κ3) is 6.42. The predicted octanol–water partition coefficient (Wildman–Crippen LogP) is 3.86. The molecule has 1 aliphatic rings. The van der Waals surface area contributed by atoms with E-state index in [1.54, 1.807) is 36.4 Å². The lowest BCUT2D eigenvalue weighted by Crippen LogP contribution is -1.82. The van der Waals surface area contributed by atoms with E-state index in [0.29, 0.717) is 6.42 Å². The van der Waals surface area contributed by atoms with E-state index in [1.165, 1.54) is 12.2 Å². The molecule has 0 radical (unpaired) electrons. The van der Waals surface area contributed by atoms with Gasteiger partial charge in [0.1, 0.15) is 35.4 Å². The molecule has 0 unspecified atom stereocenters. The van der Waals surface area contributed by atoms with Crippen LogP contribution >= 0.6 is 0 Å². The van der Waals surface area contributed by atoms with Gasteiger partial charge in [-0.3, -0.25) is 0 Å². The Balaban J connectivity index is 2.82. The molecule has 0 aromatic heterocycles. The molecule has 0 saturated carbocycles. The molecule has 1 rings (SSSR count). The zero-order valence-electron chi connectivity index (χ0n) is 12.3. The molecule has 0 amide bonds. The van der Waals surface area contributed by atoms with Crippen molar-refractivity contribution in [3.8, 4) is 24.3 Å². The molecule has 0 heterocycles. The summed E-state index contributed by atoms with van der Waals surface area (Å²) in [5.41, 5.74) is 2.11. The van der Waals surface area contributed by atoms with E-state index in [4.69, 9.17) is 21.0 Å². The molecule has 1 aliphatic carbocycles. The zero-order valence-corrected chi connectivity index (χ0v) is 12.3. The lowest BCUT2D eigenvalue weighted by molar-refractivity contribution is 1.21. The summed E-state index contributed by atoms with van der Waals surface area (Å²) in [5, 5.41) is 34.7. The first-order valence-corrected chi connectivity index (χ1v) is 6.67. The van der Waals surface area contributed by atoms with Crippen molar-refractivity contribution in [3.05, 3.63) is 83.1 Å². The fourth-order valence-electron chi connectivity index (χ4n) is 1.68. The van der Waals surface area contributed by atoms with Crippen molar-refractivity contribution in [2.75, 3.05) is 0 Å². The second-order valence-electron chi connectivity index (χ2n) is 4.37. The SMILES string of the molecule is N#CC(C#N)=C/C=C/C1=CC=CC=C(/C=C/C=C(C#N)C#N)C1. The molecular formula is C19H12N4. The van der Waals surface area contributed by atoms with Gasteiger partial charge in [-0.05, 0) is 29.7 Å². The Morgan fingerprint density at radius 1 is 0.739 bits per heavy atom. The summed E-state index contributed by atoms with van der Waals surface area (Å²) < 4.78 is 0. The molecule has 0 aromatic carbocycles. The fourth-order valence-corrected chi connectivity index (χ4v) is 1.68. The highest BCUT2D eigenvalue weighted by molar-refractivity contribution is 5.44. The number of hydrogen-bond acceptors (Lipinski definition) is 4. The molecule has 0 atom stereocenters. The minimum atomic E-state index is 0.0485. The summed E-state index contributed by atoms with van der Waals surface area (Å²) in [4.78, 5) is 0. The lowest BCUT2D eigenvalue weighted by atomic mass is 10.0. The van der Waals surface area contributed by atoms with E-state index < -0.39 is 0 Å². The Morgan fingerprint density at radius 3 is 1.48 bits per heavy atom. The van der Waals surface area contributed by atoms with Crippen molar-refractivity contribution < 1.29 is 0 Å². The summed E-state index contributed by atoms with van der Waals surface area (Å²) in [6.07, 6.45) is 18.2. The van der Waals surface area contributed by atoms with Crippen LogP contribution in [0.5, 0.6) is 0 Å². The topological polar surface area (TPSA) is 95.2 Å². The maximum atomic E-state index is 8.66. The van der Waals surface area contributed by atoms with Gasteiger partial charge in [0.15, 0.2) is 0 Å². The van der Waals surface area contributed by atoms with Gasteiger partial charge in [0, 0.05) is 0 Å². The van der Waals surface area contributed by atoms with Gasteiger partial charge < -0.3 is 0 Å². The van der Waals surface area contributed by atoms with Crippen molar-refractivity contribution in [1.82, 2.24) is 0 Å². The second-order valence-corrected chi connectivity index (χ2v) is 4.37. The molecule has 0 aliphatic heterocycles. The van der Waals surface area contributed by atoms with Crippen LogP contribution in [0.15, 0.2) is 83.1 Å². The monoisotopic (exact) mass is 296 g/mol. The van der Waals surface area contributed by atoms with Crippen LogP contribution in [0, 0.1) is 45.3 Å². The predicted molar refractivity (Wildman–Crippen MR) is 86.8 cm³/mol. The Bertz CT molecular complexity index is 728. The van der Waals surface area contributed by atoms with Crippen molar-refractivity contribution in [1.29, 1.82) is 21.0 Å². The third-order valence-electron chi connectivity index (χ3n) is 2.77. The molecule has 4 nitrogen and oxygen atoms in total. The van der Waals surface area contributed by atoms with Crippen LogP contribution in [0.25, 0.3) is 0 Å². The maximum absolute atomic E-state index is 8.66. The molecule has 0 fully saturated rings. The summed E-state index contributed by atoms with van der Waals surface area (Å²) in [6, 6.07) is 7.17. The van der Waals surface area contributed by atoms with E-state index in [2.05, 4.69) is 0 Å². The van der Waals surface area contributed by atoms with Gasteiger partial charge in [0.2, 0.25) is 0 Å². The van der Waals surface area contributed by atoms with Crippen LogP contribution in [0.3, 0.4) is 0 Å². The summed E-state index contributed by atoms with van der Waals surface area (Å²) in [5.74, 6) is 0. The van der Waals surface area contributed by atoms with Crippen molar-refractivity contribution >= 4 is 0 Å². The van der Waals surface area contributed by atoms with E-state index in [1.807, 2.05) is 36.5 Å². The van der Waals surface area contributed by atoms with Gasteiger partial charge in [-0.15, -0.1) is 0 Å². The van der Waals surface area contributed by atoms with Crippen LogP contribution in [0.2, 0.25) is 0 Å². The van der Waals surface area contributed by atoms with Crippen LogP contribution < -0.4 is 0 Å². The first kappa shape index (κ1) is 17.2. The van der Waals surface area contributed by atoms with Gasteiger partial charge in [-0.1, -0.05) is 48.6 Å². The number of nitriles is 4. The summed E-state index contributed by atoms with van der Waals surface area (Å²) in [7, 11) is 0. The van der Waals surface area contributed by atoms with Crippen LogP contribution in [0.1, 0.15) is 6.42 Å². The number of nitrogens with zero attached hydrogens (tertiary/aromatic N) is 4. The Labute approximate surface area is 135 Å². The zero-order chi connectivity index (χ0) is 16.9. The van der Waals surface area contributed by atoms with E-state index in [0.717, 1.165) is 11.1 Å².